The zero-order valence-electron chi connectivity index (χ0n) is 15.8. The van der Waals surface area contributed by atoms with Crippen LogP contribution in [0.5, 0.6) is 0 Å². The van der Waals surface area contributed by atoms with E-state index in [9.17, 15) is 19.8 Å². The highest BCUT2D eigenvalue weighted by Crippen LogP contribution is 2.24. The number of hydrogen-bond acceptors (Lipinski definition) is 7. The van der Waals surface area contributed by atoms with Crippen molar-refractivity contribution >= 4 is 12.1 Å². The first-order valence-electron chi connectivity index (χ1n) is 8.84. The fraction of sp³-hybridized carbons (Fsp3) is 0.579. The number of benzene rings is 1. The Hall–Kier alpha value is -2.16. The minimum absolute atomic E-state index is 0.0437. The molecule has 0 bridgehead atoms. The molecule has 150 valence electrons. The number of aliphatic hydroxyl groups excluding tert-OH is 2. The van der Waals surface area contributed by atoms with Gasteiger partial charge in [-0.2, -0.15) is 0 Å². The number of alkyl carbamates (subject to hydrolysis) is 1. The molecule has 2 rings (SSSR count). The summed E-state index contributed by atoms with van der Waals surface area (Å²) in [5, 5.41) is 22.5. The molecule has 1 fully saturated rings. The van der Waals surface area contributed by atoms with Crippen molar-refractivity contribution in [3.63, 3.8) is 0 Å². The number of aliphatic hydroxyl groups is 2. The van der Waals surface area contributed by atoms with Gasteiger partial charge in [-0.25, -0.2) is 4.79 Å². The first-order valence-corrected chi connectivity index (χ1v) is 8.84. The van der Waals surface area contributed by atoms with Crippen LogP contribution in [0.4, 0.5) is 4.79 Å². The molecule has 1 amide bonds. The van der Waals surface area contributed by atoms with Crippen LogP contribution >= 0.6 is 0 Å². The van der Waals surface area contributed by atoms with Crippen LogP contribution < -0.4 is 5.32 Å². The van der Waals surface area contributed by atoms with Crippen molar-refractivity contribution in [3.05, 3.63) is 35.9 Å². The summed E-state index contributed by atoms with van der Waals surface area (Å²) in [6.07, 6.45) is -5.01. The van der Waals surface area contributed by atoms with Crippen LogP contribution in [0.3, 0.4) is 0 Å². The molecule has 1 aromatic carbocycles. The maximum absolute atomic E-state index is 12.0. The predicted molar refractivity (Wildman–Crippen MR) is 95.5 cm³/mol. The Kier molecular flexibility index (Phi) is 7.18. The molecule has 0 aliphatic carbocycles. The van der Waals surface area contributed by atoms with Gasteiger partial charge in [-0.3, -0.25) is 4.79 Å². The number of carbonyl (C=O) groups is 2. The molecular weight excluding hydrogens is 354 g/mol. The van der Waals surface area contributed by atoms with E-state index in [2.05, 4.69) is 5.32 Å². The van der Waals surface area contributed by atoms with Crippen molar-refractivity contribution in [2.75, 3.05) is 6.54 Å². The molecule has 27 heavy (non-hydrogen) atoms. The largest absolute Gasteiger partial charge is 0.445 e. The lowest BCUT2D eigenvalue weighted by Crippen LogP contribution is -2.54. The van der Waals surface area contributed by atoms with Gasteiger partial charge in [0, 0.05) is 13.0 Å². The Morgan fingerprint density at radius 2 is 1.89 bits per heavy atom. The number of amides is 1. The Labute approximate surface area is 158 Å². The van der Waals surface area contributed by atoms with E-state index < -0.39 is 42.1 Å². The second-order valence-electron chi connectivity index (χ2n) is 7.50. The van der Waals surface area contributed by atoms with Gasteiger partial charge in [0.2, 0.25) is 6.29 Å². The van der Waals surface area contributed by atoms with Crippen LogP contribution in [0.15, 0.2) is 30.3 Å². The molecule has 8 nitrogen and oxygen atoms in total. The Morgan fingerprint density at radius 1 is 1.22 bits per heavy atom. The first-order chi connectivity index (χ1) is 12.7. The maximum Gasteiger partial charge on any atom is 0.407 e. The summed E-state index contributed by atoms with van der Waals surface area (Å²) in [6.45, 7) is 5.10. The lowest BCUT2D eigenvalue weighted by atomic mass is 9.97. The molecule has 1 saturated heterocycles. The summed E-state index contributed by atoms with van der Waals surface area (Å²) in [5.41, 5.74) is 0.116. The van der Waals surface area contributed by atoms with Gasteiger partial charge in [0.05, 0.1) is 11.5 Å². The highest BCUT2D eigenvalue weighted by atomic mass is 16.7. The lowest BCUT2D eigenvalue weighted by Gasteiger charge is -2.37. The van der Waals surface area contributed by atoms with Crippen LogP contribution in [0.25, 0.3) is 0 Å². The average Bonchev–Trinajstić information content (AvgIpc) is 2.61. The van der Waals surface area contributed by atoms with Crippen molar-refractivity contribution in [3.8, 4) is 0 Å². The fourth-order valence-electron chi connectivity index (χ4n) is 2.41. The molecule has 8 heteroatoms. The molecular formula is C19H27NO7. The topological polar surface area (TPSA) is 114 Å². The van der Waals surface area contributed by atoms with Crippen LogP contribution in [0.1, 0.15) is 32.8 Å². The van der Waals surface area contributed by atoms with Gasteiger partial charge in [-0.05, 0) is 26.3 Å². The van der Waals surface area contributed by atoms with Gasteiger partial charge in [-0.1, -0.05) is 30.3 Å². The molecule has 0 aromatic heterocycles. The van der Waals surface area contributed by atoms with Crippen molar-refractivity contribution in [1.82, 2.24) is 5.32 Å². The number of carbonyl (C=O) groups excluding carboxylic acids is 2. The number of nitrogens with one attached hydrogen (secondary N) is 1. The number of hydrogen-bond donors (Lipinski definition) is 3. The molecule has 1 aromatic rings. The molecule has 1 aliphatic rings. The Bertz CT molecular complexity index is 629. The molecule has 0 unspecified atom stereocenters. The highest BCUT2D eigenvalue weighted by Gasteiger charge is 2.39. The van der Waals surface area contributed by atoms with Gasteiger partial charge >= 0.3 is 12.1 Å². The third-order valence-corrected chi connectivity index (χ3v) is 4.05. The summed E-state index contributed by atoms with van der Waals surface area (Å²) in [7, 11) is 0. The van der Waals surface area contributed by atoms with E-state index in [4.69, 9.17) is 14.2 Å². The standard InChI is InChI=1S/C19H27NO7/c1-19(2,3)17(23)27-15-9-13(21)16(22)14(26-15)10-20-18(24)25-11-12-7-5-4-6-8-12/h4-8,13-16,21-22H,9-11H2,1-3H3,(H,20,24)/t13-,14-,15-,16+/m1/s1. The summed E-state index contributed by atoms with van der Waals surface area (Å²) in [4.78, 5) is 23.8. The number of rotatable bonds is 5. The van der Waals surface area contributed by atoms with Crippen LogP contribution in [-0.2, 0) is 25.6 Å². The van der Waals surface area contributed by atoms with Crippen molar-refractivity contribution in [1.29, 1.82) is 0 Å². The zero-order valence-corrected chi connectivity index (χ0v) is 15.8. The summed E-state index contributed by atoms with van der Waals surface area (Å²) < 4.78 is 15.8. The summed E-state index contributed by atoms with van der Waals surface area (Å²) >= 11 is 0. The minimum Gasteiger partial charge on any atom is -0.445 e. The third-order valence-electron chi connectivity index (χ3n) is 4.05. The third kappa shape index (κ3) is 6.50. The van der Waals surface area contributed by atoms with E-state index in [1.807, 2.05) is 30.3 Å². The van der Waals surface area contributed by atoms with Crippen molar-refractivity contribution < 1.29 is 34.0 Å². The van der Waals surface area contributed by atoms with Crippen LogP contribution in [0.2, 0.25) is 0 Å². The lowest BCUT2D eigenvalue weighted by molar-refractivity contribution is -0.247. The van der Waals surface area contributed by atoms with Crippen molar-refractivity contribution in [2.24, 2.45) is 5.41 Å². The van der Waals surface area contributed by atoms with E-state index in [-0.39, 0.29) is 19.6 Å². The van der Waals surface area contributed by atoms with Gasteiger partial charge in [0.1, 0.15) is 18.8 Å². The second-order valence-corrected chi connectivity index (χ2v) is 7.50. The van der Waals surface area contributed by atoms with Crippen molar-refractivity contribution in [2.45, 2.75) is 58.4 Å². The Morgan fingerprint density at radius 3 is 2.52 bits per heavy atom. The fourth-order valence-corrected chi connectivity index (χ4v) is 2.41. The van der Waals surface area contributed by atoms with Gasteiger partial charge in [0.25, 0.3) is 0 Å². The molecule has 0 saturated carbocycles. The molecule has 3 N–H and O–H groups in total. The quantitative estimate of drug-likeness (QED) is 0.660. The predicted octanol–water partition coefficient (Wildman–Crippen LogP) is 1.34. The summed E-state index contributed by atoms with van der Waals surface area (Å²) in [5.74, 6) is -0.481. The monoisotopic (exact) mass is 381 g/mol. The Balaban J connectivity index is 1.82. The normalized spacial score (nSPS) is 25.5. The smallest absolute Gasteiger partial charge is 0.407 e. The maximum atomic E-state index is 12.0. The molecule has 4 atom stereocenters. The zero-order chi connectivity index (χ0) is 20.0. The molecule has 1 aliphatic heterocycles. The second kappa shape index (κ2) is 9.16. The highest BCUT2D eigenvalue weighted by molar-refractivity contribution is 5.75. The van der Waals surface area contributed by atoms with E-state index >= 15 is 0 Å². The molecule has 1 heterocycles. The number of ether oxygens (including phenoxy) is 3. The first kappa shape index (κ1) is 21.1. The van der Waals surface area contributed by atoms with Gasteiger partial charge in [0.15, 0.2) is 0 Å². The van der Waals surface area contributed by atoms with E-state index in [1.54, 1.807) is 20.8 Å². The summed E-state index contributed by atoms with van der Waals surface area (Å²) in [6, 6.07) is 9.18. The average molecular weight is 381 g/mol. The van der Waals surface area contributed by atoms with Crippen LogP contribution in [0, 0.1) is 5.41 Å². The van der Waals surface area contributed by atoms with E-state index in [1.165, 1.54) is 0 Å². The SMILES string of the molecule is CC(C)(C)C(=O)O[C@@H]1C[C@@H](O)[C@H](O)[C@@H](CNC(=O)OCc2ccccc2)O1. The molecule has 0 radical (unpaired) electrons. The van der Waals surface area contributed by atoms with E-state index in [0.29, 0.717) is 0 Å². The van der Waals surface area contributed by atoms with Gasteiger partial charge in [-0.15, -0.1) is 0 Å². The number of esters is 1. The van der Waals surface area contributed by atoms with Gasteiger partial charge < -0.3 is 29.7 Å². The van der Waals surface area contributed by atoms with E-state index in [0.717, 1.165) is 5.56 Å². The molecule has 0 spiro atoms. The van der Waals surface area contributed by atoms with Crippen LogP contribution in [-0.4, -0.2) is 53.4 Å². The minimum atomic E-state index is -1.22.